The average molecular weight is 503 g/mol. The number of carbonyl (C=O) groups excluding carboxylic acids is 1. The molecule has 3 aromatic carbocycles. The molecular formula is C31H34O6. The van der Waals surface area contributed by atoms with Crippen LogP contribution in [0, 0.1) is 0 Å². The second kappa shape index (κ2) is 13.9. The summed E-state index contributed by atoms with van der Waals surface area (Å²) in [7, 11) is 0. The van der Waals surface area contributed by atoms with Gasteiger partial charge in [-0.15, -0.1) is 6.58 Å². The third-order valence-corrected chi connectivity index (χ3v) is 6.17. The maximum absolute atomic E-state index is 12.1. The van der Waals surface area contributed by atoms with Crippen LogP contribution in [0.1, 0.15) is 23.6 Å². The zero-order chi connectivity index (χ0) is 25.9. The lowest BCUT2D eigenvalue weighted by molar-refractivity contribution is -0.257. The third kappa shape index (κ3) is 7.84. The van der Waals surface area contributed by atoms with Gasteiger partial charge in [0.15, 0.2) is 6.10 Å². The van der Waals surface area contributed by atoms with Crippen LogP contribution in [0.25, 0.3) is 0 Å². The van der Waals surface area contributed by atoms with E-state index >= 15 is 0 Å². The molecule has 0 bridgehead atoms. The summed E-state index contributed by atoms with van der Waals surface area (Å²) in [4.78, 5) is 12.1. The second-order valence-corrected chi connectivity index (χ2v) is 8.97. The van der Waals surface area contributed by atoms with E-state index in [1.165, 1.54) is 6.92 Å². The Morgan fingerprint density at radius 2 is 1.24 bits per heavy atom. The minimum absolute atomic E-state index is 0.274. The van der Waals surface area contributed by atoms with E-state index in [0.717, 1.165) is 16.7 Å². The Kier molecular flexibility index (Phi) is 10.0. The molecule has 1 aliphatic heterocycles. The van der Waals surface area contributed by atoms with E-state index in [1.54, 1.807) is 6.08 Å². The molecule has 37 heavy (non-hydrogen) atoms. The van der Waals surface area contributed by atoms with Crippen molar-refractivity contribution < 1.29 is 28.5 Å². The maximum atomic E-state index is 12.1. The minimum Gasteiger partial charge on any atom is -0.457 e. The standard InChI is InChI=1S/C31H34O6/c1-3-27-30(36-23(2)32)31(35-21-26-17-11-6-12-18-26)29(34-20-25-15-9-5-10-16-25)28(37-27)22-33-19-24-13-7-4-8-14-24/h3-18,27-31H,1,19-22H2,2H3/t27-,28-,29-,30+,31+/m1/s1. The summed E-state index contributed by atoms with van der Waals surface area (Å²) in [5.41, 5.74) is 3.09. The molecule has 0 aromatic heterocycles. The topological polar surface area (TPSA) is 63.2 Å². The van der Waals surface area contributed by atoms with Gasteiger partial charge in [-0.25, -0.2) is 0 Å². The van der Waals surface area contributed by atoms with Gasteiger partial charge in [-0.3, -0.25) is 4.79 Å². The first kappa shape index (κ1) is 26.8. The summed E-state index contributed by atoms with van der Waals surface area (Å²) in [6, 6.07) is 29.7. The molecule has 0 spiro atoms. The number of benzene rings is 3. The second-order valence-electron chi connectivity index (χ2n) is 8.97. The van der Waals surface area contributed by atoms with Crippen molar-refractivity contribution in [2.75, 3.05) is 6.61 Å². The Labute approximate surface area is 218 Å². The van der Waals surface area contributed by atoms with Crippen LogP contribution in [0.2, 0.25) is 0 Å². The van der Waals surface area contributed by atoms with Crippen molar-refractivity contribution >= 4 is 5.97 Å². The Morgan fingerprint density at radius 1 is 0.757 bits per heavy atom. The number of hydrogen-bond donors (Lipinski definition) is 0. The maximum Gasteiger partial charge on any atom is 0.303 e. The molecule has 1 aliphatic rings. The lowest BCUT2D eigenvalue weighted by Crippen LogP contribution is -2.61. The van der Waals surface area contributed by atoms with Gasteiger partial charge in [0.25, 0.3) is 0 Å². The Hall–Kier alpha value is -3.29. The molecule has 6 heteroatoms. The van der Waals surface area contributed by atoms with Gasteiger partial charge in [0.2, 0.25) is 0 Å². The third-order valence-electron chi connectivity index (χ3n) is 6.17. The van der Waals surface area contributed by atoms with Gasteiger partial charge in [0.05, 0.1) is 26.4 Å². The van der Waals surface area contributed by atoms with Crippen molar-refractivity contribution in [3.05, 3.63) is 120 Å². The van der Waals surface area contributed by atoms with Crippen LogP contribution >= 0.6 is 0 Å². The van der Waals surface area contributed by atoms with Gasteiger partial charge in [0, 0.05) is 6.92 Å². The fourth-order valence-electron chi connectivity index (χ4n) is 4.38. The van der Waals surface area contributed by atoms with Crippen LogP contribution in [-0.2, 0) is 48.3 Å². The van der Waals surface area contributed by atoms with Gasteiger partial charge < -0.3 is 23.7 Å². The fraction of sp³-hybridized carbons (Fsp3) is 0.323. The van der Waals surface area contributed by atoms with Crippen LogP contribution < -0.4 is 0 Å². The highest BCUT2D eigenvalue weighted by atomic mass is 16.6. The van der Waals surface area contributed by atoms with Crippen LogP contribution in [0.15, 0.2) is 104 Å². The summed E-state index contributed by atoms with van der Waals surface area (Å²) in [5, 5.41) is 0. The number of hydrogen-bond acceptors (Lipinski definition) is 6. The van der Waals surface area contributed by atoms with Gasteiger partial charge in [-0.05, 0) is 16.7 Å². The number of rotatable bonds is 12. The molecule has 3 aromatic rings. The van der Waals surface area contributed by atoms with E-state index in [1.807, 2.05) is 91.0 Å². The van der Waals surface area contributed by atoms with Gasteiger partial charge in [0.1, 0.15) is 24.4 Å². The van der Waals surface area contributed by atoms with E-state index in [0.29, 0.717) is 19.8 Å². The zero-order valence-electron chi connectivity index (χ0n) is 21.1. The van der Waals surface area contributed by atoms with E-state index in [4.69, 9.17) is 23.7 Å². The van der Waals surface area contributed by atoms with E-state index in [2.05, 4.69) is 6.58 Å². The van der Waals surface area contributed by atoms with Crippen molar-refractivity contribution in [3.63, 3.8) is 0 Å². The molecule has 1 heterocycles. The van der Waals surface area contributed by atoms with Crippen molar-refractivity contribution in [1.29, 1.82) is 0 Å². The van der Waals surface area contributed by atoms with E-state index < -0.39 is 36.5 Å². The quantitative estimate of drug-likeness (QED) is 0.249. The van der Waals surface area contributed by atoms with Gasteiger partial charge in [-0.2, -0.15) is 0 Å². The smallest absolute Gasteiger partial charge is 0.303 e. The number of carbonyl (C=O) groups is 1. The molecular weight excluding hydrogens is 468 g/mol. The zero-order valence-corrected chi connectivity index (χ0v) is 21.1. The monoisotopic (exact) mass is 502 g/mol. The lowest BCUT2D eigenvalue weighted by atomic mass is 9.94. The molecule has 4 rings (SSSR count). The molecule has 194 valence electrons. The minimum atomic E-state index is -0.718. The van der Waals surface area contributed by atoms with Crippen LogP contribution in [0.4, 0.5) is 0 Å². The largest absolute Gasteiger partial charge is 0.457 e. The summed E-state index contributed by atoms with van der Waals surface area (Å²) in [6.07, 6.45) is -1.28. The molecule has 0 aliphatic carbocycles. The van der Waals surface area contributed by atoms with Gasteiger partial charge >= 0.3 is 5.97 Å². The van der Waals surface area contributed by atoms with Crippen LogP contribution in [0.5, 0.6) is 0 Å². The number of ether oxygens (including phenoxy) is 5. The molecule has 0 amide bonds. The normalized spacial score (nSPS) is 23.3. The molecule has 0 saturated carbocycles. The van der Waals surface area contributed by atoms with Crippen molar-refractivity contribution in [3.8, 4) is 0 Å². The van der Waals surface area contributed by atoms with E-state index in [-0.39, 0.29) is 6.61 Å². The fourth-order valence-corrected chi connectivity index (χ4v) is 4.38. The molecule has 1 saturated heterocycles. The number of esters is 1. The summed E-state index contributed by atoms with van der Waals surface area (Å²) < 4.78 is 31.0. The van der Waals surface area contributed by atoms with Crippen LogP contribution in [-0.4, -0.2) is 43.1 Å². The molecule has 0 N–H and O–H groups in total. The Bertz CT molecular complexity index is 1090. The van der Waals surface area contributed by atoms with Gasteiger partial charge in [-0.1, -0.05) is 97.1 Å². The van der Waals surface area contributed by atoms with Crippen molar-refractivity contribution in [2.45, 2.75) is 57.3 Å². The summed E-state index contributed by atoms with van der Waals surface area (Å²) >= 11 is 0. The SMILES string of the molecule is C=C[C@H]1O[C@H](COCc2ccccc2)[C@@H](OCc2ccccc2)[C@H](OCc2ccccc2)[C@H]1OC(C)=O. The average Bonchev–Trinajstić information content (AvgIpc) is 2.93. The molecule has 0 radical (unpaired) electrons. The molecule has 0 unspecified atom stereocenters. The molecule has 1 fully saturated rings. The highest BCUT2D eigenvalue weighted by molar-refractivity contribution is 5.66. The first-order valence-corrected chi connectivity index (χ1v) is 12.5. The Balaban J connectivity index is 1.56. The Morgan fingerprint density at radius 3 is 1.73 bits per heavy atom. The van der Waals surface area contributed by atoms with Crippen LogP contribution in [0.3, 0.4) is 0 Å². The predicted molar refractivity (Wildman–Crippen MR) is 141 cm³/mol. The molecule has 6 nitrogen and oxygen atoms in total. The first-order valence-electron chi connectivity index (χ1n) is 12.5. The lowest BCUT2D eigenvalue weighted by Gasteiger charge is -2.45. The first-order chi connectivity index (χ1) is 18.1. The molecule has 5 atom stereocenters. The van der Waals surface area contributed by atoms with Crippen molar-refractivity contribution in [1.82, 2.24) is 0 Å². The summed E-state index contributed by atoms with van der Waals surface area (Å²) in [5.74, 6) is -0.422. The van der Waals surface area contributed by atoms with Crippen molar-refractivity contribution in [2.24, 2.45) is 0 Å². The summed E-state index contributed by atoms with van der Waals surface area (Å²) in [6.45, 7) is 6.69. The van der Waals surface area contributed by atoms with E-state index in [9.17, 15) is 4.79 Å². The predicted octanol–water partition coefficient (Wildman–Crippen LogP) is 5.26. The highest BCUT2D eigenvalue weighted by Crippen LogP contribution is 2.31. The highest BCUT2D eigenvalue weighted by Gasteiger charge is 2.48.